The second-order valence-electron chi connectivity index (χ2n) is 6.45. The first kappa shape index (κ1) is 17.0. The second-order valence-corrected chi connectivity index (χ2v) is 6.45. The molecule has 1 aromatic rings. The summed E-state index contributed by atoms with van der Waals surface area (Å²) in [7, 11) is 4.09. The molecule has 2 rings (SSSR count). The van der Waals surface area contributed by atoms with Crippen molar-refractivity contribution < 1.29 is 4.79 Å². The van der Waals surface area contributed by atoms with E-state index in [0.29, 0.717) is 0 Å². The summed E-state index contributed by atoms with van der Waals surface area (Å²) in [6.45, 7) is 5.13. The van der Waals surface area contributed by atoms with Gasteiger partial charge in [0.1, 0.15) is 0 Å². The quantitative estimate of drug-likeness (QED) is 0.786. The minimum absolute atomic E-state index is 0.0308. The number of benzene rings is 1. The summed E-state index contributed by atoms with van der Waals surface area (Å²) >= 11 is 0. The topological polar surface area (TPSA) is 35.6 Å². The molecule has 4 nitrogen and oxygen atoms in total. The van der Waals surface area contributed by atoms with E-state index in [1.807, 2.05) is 26.2 Å². The van der Waals surface area contributed by atoms with Crippen molar-refractivity contribution in [2.24, 2.45) is 0 Å². The van der Waals surface area contributed by atoms with Gasteiger partial charge in [-0.1, -0.05) is 18.6 Å². The summed E-state index contributed by atoms with van der Waals surface area (Å²) in [5, 5.41) is 2.98. The van der Waals surface area contributed by atoms with Gasteiger partial charge in [0.15, 0.2) is 0 Å². The van der Waals surface area contributed by atoms with Crippen LogP contribution in [0.15, 0.2) is 24.3 Å². The number of hydrogen-bond acceptors (Lipinski definition) is 3. The highest BCUT2D eigenvalue weighted by Crippen LogP contribution is 2.13. The molecule has 0 saturated carbocycles. The Morgan fingerprint density at radius 3 is 2.45 bits per heavy atom. The zero-order valence-electron chi connectivity index (χ0n) is 14.0. The predicted octanol–water partition coefficient (Wildman–Crippen LogP) is 2.35. The van der Waals surface area contributed by atoms with Crippen LogP contribution >= 0.6 is 0 Å². The van der Waals surface area contributed by atoms with Crippen LogP contribution < -0.4 is 5.32 Å². The number of carbonyl (C=O) groups is 1. The molecule has 1 amide bonds. The highest BCUT2D eigenvalue weighted by molar-refractivity contribution is 5.94. The van der Waals surface area contributed by atoms with Crippen molar-refractivity contribution in [3.63, 3.8) is 0 Å². The third-order valence-electron chi connectivity index (χ3n) is 4.14. The number of piperidine rings is 1. The summed E-state index contributed by atoms with van der Waals surface area (Å²) in [6.07, 6.45) is 4.97. The molecule has 0 atom stereocenters. The number of amides is 1. The van der Waals surface area contributed by atoms with Gasteiger partial charge in [0, 0.05) is 18.7 Å². The van der Waals surface area contributed by atoms with Gasteiger partial charge < -0.3 is 10.2 Å². The van der Waals surface area contributed by atoms with Gasteiger partial charge in [-0.25, -0.2) is 0 Å². The number of rotatable bonds is 7. The lowest BCUT2D eigenvalue weighted by molar-refractivity contribution is 0.0952. The molecule has 1 aromatic carbocycles. The Kier molecular flexibility index (Phi) is 6.87. The summed E-state index contributed by atoms with van der Waals surface area (Å²) in [4.78, 5) is 16.7. The van der Waals surface area contributed by atoms with Gasteiger partial charge in [-0.05, 0) is 70.7 Å². The molecular weight excluding hydrogens is 274 g/mol. The Hall–Kier alpha value is -1.39. The maximum Gasteiger partial charge on any atom is 0.251 e. The van der Waals surface area contributed by atoms with Crippen molar-refractivity contribution in [2.45, 2.75) is 32.2 Å². The first-order valence-corrected chi connectivity index (χ1v) is 8.39. The Labute approximate surface area is 134 Å². The molecular formula is C18H29N3O. The molecule has 122 valence electrons. The van der Waals surface area contributed by atoms with Crippen molar-refractivity contribution in [1.29, 1.82) is 0 Å². The normalized spacial score (nSPS) is 16.0. The Morgan fingerprint density at radius 1 is 1.14 bits per heavy atom. The van der Waals surface area contributed by atoms with E-state index in [9.17, 15) is 4.79 Å². The number of nitrogens with one attached hydrogen (secondary N) is 1. The van der Waals surface area contributed by atoms with E-state index in [4.69, 9.17) is 0 Å². The van der Waals surface area contributed by atoms with Crippen LogP contribution in [0.3, 0.4) is 0 Å². The van der Waals surface area contributed by atoms with Crippen LogP contribution in [0.5, 0.6) is 0 Å². The van der Waals surface area contributed by atoms with Crippen molar-refractivity contribution in [2.75, 3.05) is 40.3 Å². The van der Waals surface area contributed by atoms with Crippen LogP contribution in [0.25, 0.3) is 0 Å². The van der Waals surface area contributed by atoms with E-state index < -0.39 is 0 Å². The van der Waals surface area contributed by atoms with E-state index in [-0.39, 0.29) is 5.91 Å². The fraction of sp³-hybridized carbons (Fsp3) is 0.611. The zero-order valence-corrected chi connectivity index (χ0v) is 14.0. The SMILES string of the molecule is CN(C)CCCNC(=O)c1ccc(CN2CCCCC2)cc1. The van der Waals surface area contributed by atoms with Gasteiger partial charge in [-0.2, -0.15) is 0 Å². The van der Waals surface area contributed by atoms with Gasteiger partial charge in [-0.3, -0.25) is 9.69 Å². The largest absolute Gasteiger partial charge is 0.352 e. The van der Waals surface area contributed by atoms with Crippen LogP contribution in [0.4, 0.5) is 0 Å². The van der Waals surface area contributed by atoms with E-state index in [0.717, 1.165) is 31.6 Å². The Balaban J connectivity index is 1.76. The van der Waals surface area contributed by atoms with Crippen LogP contribution in [0.2, 0.25) is 0 Å². The summed E-state index contributed by atoms with van der Waals surface area (Å²) in [6, 6.07) is 8.06. The molecule has 1 N–H and O–H groups in total. The molecule has 1 saturated heterocycles. The highest BCUT2D eigenvalue weighted by atomic mass is 16.1. The minimum Gasteiger partial charge on any atom is -0.352 e. The lowest BCUT2D eigenvalue weighted by atomic mass is 10.1. The molecule has 0 aromatic heterocycles. The van der Waals surface area contributed by atoms with Crippen LogP contribution in [0.1, 0.15) is 41.6 Å². The molecule has 4 heteroatoms. The lowest BCUT2D eigenvalue weighted by Gasteiger charge is -2.26. The number of carbonyl (C=O) groups excluding carboxylic acids is 1. The van der Waals surface area contributed by atoms with Gasteiger partial charge in [-0.15, -0.1) is 0 Å². The Morgan fingerprint density at radius 2 is 1.82 bits per heavy atom. The van der Waals surface area contributed by atoms with Crippen molar-refractivity contribution >= 4 is 5.91 Å². The summed E-state index contributed by atoms with van der Waals surface area (Å²) < 4.78 is 0. The third-order valence-corrected chi connectivity index (χ3v) is 4.14. The molecule has 0 radical (unpaired) electrons. The molecule has 0 aliphatic carbocycles. The van der Waals surface area contributed by atoms with Gasteiger partial charge >= 0.3 is 0 Å². The van der Waals surface area contributed by atoms with Gasteiger partial charge in [0.2, 0.25) is 0 Å². The third kappa shape index (κ3) is 5.78. The van der Waals surface area contributed by atoms with Crippen molar-refractivity contribution in [1.82, 2.24) is 15.1 Å². The average Bonchev–Trinajstić information content (AvgIpc) is 2.53. The van der Waals surface area contributed by atoms with Crippen LogP contribution in [-0.2, 0) is 6.54 Å². The highest BCUT2D eigenvalue weighted by Gasteiger charge is 2.11. The molecule has 0 unspecified atom stereocenters. The smallest absolute Gasteiger partial charge is 0.251 e. The van der Waals surface area contributed by atoms with E-state index in [1.54, 1.807) is 0 Å². The number of hydrogen-bond donors (Lipinski definition) is 1. The fourth-order valence-electron chi connectivity index (χ4n) is 2.84. The number of likely N-dealkylation sites (tertiary alicyclic amines) is 1. The first-order chi connectivity index (χ1) is 10.6. The van der Waals surface area contributed by atoms with E-state index in [1.165, 1.54) is 37.9 Å². The minimum atomic E-state index is 0.0308. The van der Waals surface area contributed by atoms with E-state index >= 15 is 0 Å². The standard InChI is InChI=1S/C18H29N3O/c1-20(2)12-6-11-19-18(22)17-9-7-16(8-10-17)15-21-13-4-3-5-14-21/h7-10H,3-6,11-15H2,1-2H3,(H,19,22). The fourth-order valence-corrected chi connectivity index (χ4v) is 2.84. The average molecular weight is 303 g/mol. The zero-order chi connectivity index (χ0) is 15.8. The van der Waals surface area contributed by atoms with Crippen molar-refractivity contribution in [3.8, 4) is 0 Å². The maximum absolute atomic E-state index is 12.1. The molecule has 0 spiro atoms. The summed E-state index contributed by atoms with van der Waals surface area (Å²) in [5.74, 6) is 0.0308. The molecule has 1 heterocycles. The van der Waals surface area contributed by atoms with Gasteiger partial charge in [0.25, 0.3) is 5.91 Å². The first-order valence-electron chi connectivity index (χ1n) is 8.39. The van der Waals surface area contributed by atoms with E-state index in [2.05, 4.69) is 27.2 Å². The molecule has 1 aliphatic heterocycles. The molecule has 1 aliphatic rings. The summed E-state index contributed by atoms with van der Waals surface area (Å²) in [5.41, 5.74) is 2.05. The Bertz CT molecular complexity index is 450. The second kappa shape index (κ2) is 8.91. The van der Waals surface area contributed by atoms with Crippen molar-refractivity contribution in [3.05, 3.63) is 35.4 Å². The predicted molar refractivity (Wildman–Crippen MR) is 91.1 cm³/mol. The van der Waals surface area contributed by atoms with Gasteiger partial charge in [0.05, 0.1) is 0 Å². The lowest BCUT2D eigenvalue weighted by Crippen LogP contribution is -2.29. The van der Waals surface area contributed by atoms with Crippen LogP contribution in [-0.4, -0.2) is 56.0 Å². The maximum atomic E-state index is 12.1. The molecule has 1 fully saturated rings. The number of nitrogens with zero attached hydrogens (tertiary/aromatic N) is 2. The monoisotopic (exact) mass is 303 g/mol. The van der Waals surface area contributed by atoms with Crippen LogP contribution in [0, 0.1) is 0 Å². The molecule has 0 bridgehead atoms. The molecule has 22 heavy (non-hydrogen) atoms.